The topological polar surface area (TPSA) is 38.0 Å². The molecule has 5 aliphatic rings. The zero-order valence-corrected chi connectivity index (χ0v) is 22.3. The first-order valence-electron chi connectivity index (χ1n) is 13.7. The van der Waals surface area contributed by atoms with Crippen LogP contribution in [0.2, 0.25) is 0 Å². The Morgan fingerprint density at radius 1 is 0.886 bits per heavy atom. The van der Waals surface area contributed by atoms with E-state index in [1.165, 1.54) is 56.1 Å². The highest BCUT2D eigenvalue weighted by atomic mass is 35.5. The highest BCUT2D eigenvalue weighted by Gasteiger charge is 2.67. The summed E-state index contributed by atoms with van der Waals surface area (Å²) in [6.45, 7) is 0.823. The van der Waals surface area contributed by atoms with Gasteiger partial charge < -0.3 is 11.1 Å². The standard InChI is InChI=1S/C31H39ClN2S/c32-31(15-22-7-3-1-4-8-22)25-16-29(24-9-5-2-6-10-24)17-26(31)19-30(18-25,21-29)28(35)34-27-13-11-23(20-33)12-14-27/h1-10,23,25-27H,11-21,33H2,(H,34,35)/t23-,25?,26?,27-,29?,30?,31?. The van der Waals surface area contributed by atoms with Crippen molar-refractivity contribution in [3.63, 3.8) is 0 Å². The molecule has 2 aromatic carbocycles. The van der Waals surface area contributed by atoms with Gasteiger partial charge >= 0.3 is 0 Å². The summed E-state index contributed by atoms with van der Waals surface area (Å²) in [5.74, 6) is 1.66. The minimum atomic E-state index is -0.168. The van der Waals surface area contributed by atoms with E-state index in [4.69, 9.17) is 29.6 Å². The molecule has 5 aliphatic carbocycles. The first kappa shape index (κ1) is 23.9. The Labute approximate surface area is 221 Å². The number of hydrogen-bond acceptors (Lipinski definition) is 2. The van der Waals surface area contributed by atoms with Crippen molar-refractivity contribution in [2.75, 3.05) is 6.54 Å². The van der Waals surface area contributed by atoms with E-state index in [-0.39, 0.29) is 15.7 Å². The summed E-state index contributed by atoms with van der Waals surface area (Å²) in [7, 11) is 0. The van der Waals surface area contributed by atoms with Crippen LogP contribution in [0.5, 0.6) is 0 Å². The summed E-state index contributed by atoms with van der Waals surface area (Å²) in [5.41, 5.74) is 9.10. The number of benzene rings is 2. The monoisotopic (exact) mass is 506 g/mol. The van der Waals surface area contributed by atoms with Gasteiger partial charge in [0.05, 0.1) is 9.86 Å². The Bertz CT molecular complexity index is 1030. The maximum Gasteiger partial charge on any atom is 0.0818 e. The number of thiocarbonyl (C=S) groups is 1. The minimum Gasteiger partial charge on any atom is -0.376 e. The summed E-state index contributed by atoms with van der Waals surface area (Å²) in [5, 5.41) is 3.91. The maximum atomic E-state index is 7.73. The molecule has 5 saturated carbocycles. The Morgan fingerprint density at radius 2 is 1.49 bits per heavy atom. The van der Waals surface area contributed by atoms with Crippen LogP contribution in [0.4, 0.5) is 0 Å². The molecule has 0 radical (unpaired) electrons. The number of rotatable bonds is 6. The molecule has 0 heterocycles. The van der Waals surface area contributed by atoms with Crippen LogP contribution in [-0.2, 0) is 11.8 Å². The summed E-state index contributed by atoms with van der Waals surface area (Å²) >= 11 is 14.0. The lowest BCUT2D eigenvalue weighted by Gasteiger charge is -2.68. The summed E-state index contributed by atoms with van der Waals surface area (Å²) in [6.07, 6.45) is 11.6. The first-order chi connectivity index (χ1) is 16.9. The number of alkyl halides is 1. The Morgan fingerprint density at radius 3 is 2.09 bits per heavy atom. The fourth-order valence-corrected chi connectivity index (χ4v) is 9.49. The Kier molecular flexibility index (Phi) is 6.26. The fraction of sp³-hybridized carbons (Fsp3) is 0.581. The van der Waals surface area contributed by atoms with E-state index in [9.17, 15) is 0 Å². The van der Waals surface area contributed by atoms with Gasteiger partial charge in [0.1, 0.15) is 0 Å². The van der Waals surface area contributed by atoms with E-state index in [1.54, 1.807) is 0 Å². The minimum absolute atomic E-state index is 0.0802. The molecule has 0 aromatic heterocycles. The van der Waals surface area contributed by atoms with E-state index in [1.807, 2.05) is 0 Å². The Hall–Kier alpha value is -1.42. The smallest absolute Gasteiger partial charge is 0.0818 e. The summed E-state index contributed by atoms with van der Waals surface area (Å²) in [6, 6.07) is 22.7. The van der Waals surface area contributed by atoms with Crippen LogP contribution in [0.25, 0.3) is 0 Å². The highest BCUT2D eigenvalue weighted by Crippen LogP contribution is 2.70. The zero-order chi connectivity index (χ0) is 24.1. The second kappa shape index (κ2) is 9.15. The molecule has 0 saturated heterocycles. The fourth-order valence-electron chi connectivity index (χ4n) is 8.62. The van der Waals surface area contributed by atoms with Crippen LogP contribution >= 0.6 is 23.8 Å². The van der Waals surface area contributed by atoms with E-state index < -0.39 is 0 Å². The lowest BCUT2D eigenvalue weighted by Crippen LogP contribution is -2.67. The molecule has 3 N–H and O–H groups in total. The van der Waals surface area contributed by atoms with E-state index in [2.05, 4.69) is 66.0 Å². The van der Waals surface area contributed by atoms with Gasteiger partial charge in [-0.05, 0) is 105 Å². The van der Waals surface area contributed by atoms with Gasteiger partial charge in [0.25, 0.3) is 0 Å². The zero-order valence-electron chi connectivity index (χ0n) is 20.7. The molecular weight excluding hydrogens is 468 g/mol. The van der Waals surface area contributed by atoms with Gasteiger partial charge in [0.15, 0.2) is 0 Å². The van der Waals surface area contributed by atoms with Crippen molar-refractivity contribution in [3.05, 3.63) is 71.8 Å². The van der Waals surface area contributed by atoms with Crippen molar-refractivity contribution in [1.82, 2.24) is 5.32 Å². The van der Waals surface area contributed by atoms with Crippen molar-refractivity contribution in [1.29, 1.82) is 0 Å². The molecule has 2 aromatic rings. The van der Waals surface area contributed by atoms with Crippen LogP contribution in [0.3, 0.4) is 0 Å². The molecule has 2 atom stereocenters. The SMILES string of the molecule is NC[C@H]1CC[C@H](NC(=S)C23CC4CC(c5ccccc5)(CC(C2)C4(Cl)Cc2ccccc2)C3)CC1. The molecule has 0 amide bonds. The third-order valence-electron chi connectivity index (χ3n) is 10.3. The van der Waals surface area contributed by atoms with Gasteiger partial charge in [-0.3, -0.25) is 0 Å². The molecule has 2 unspecified atom stereocenters. The van der Waals surface area contributed by atoms with Gasteiger partial charge in [0, 0.05) is 11.5 Å². The first-order valence-corrected chi connectivity index (χ1v) is 14.5. The van der Waals surface area contributed by atoms with E-state index in [0.29, 0.717) is 23.8 Å². The number of hydrogen-bond donors (Lipinski definition) is 2. The Balaban J connectivity index is 1.30. The average Bonchev–Trinajstić information content (AvgIpc) is 2.88. The molecule has 5 fully saturated rings. The maximum absolute atomic E-state index is 7.73. The number of halogens is 1. The van der Waals surface area contributed by atoms with Crippen LogP contribution in [0.1, 0.15) is 68.9 Å². The molecule has 2 nitrogen and oxygen atoms in total. The molecular formula is C31H39ClN2S. The van der Waals surface area contributed by atoms with Crippen molar-refractivity contribution in [2.24, 2.45) is 28.9 Å². The van der Waals surface area contributed by atoms with Crippen molar-refractivity contribution in [3.8, 4) is 0 Å². The lowest BCUT2D eigenvalue weighted by atomic mass is 9.39. The van der Waals surface area contributed by atoms with Gasteiger partial charge in [0.2, 0.25) is 0 Å². The van der Waals surface area contributed by atoms with Gasteiger partial charge in [-0.1, -0.05) is 72.9 Å². The third-order valence-corrected chi connectivity index (χ3v) is 11.6. The van der Waals surface area contributed by atoms with E-state index in [0.717, 1.165) is 30.8 Å². The molecule has 4 heteroatoms. The normalized spacial score (nSPS) is 39.9. The molecule has 0 spiro atoms. The van der Waals surface area contributed by atoms with Crippen molar-refractivity contribution < 1.29 is 0 Å². The summed E-state index contributed by atoms with van der Waals surface area (Å²) < 4.78 is 0. The molecule has 186 valence electrons. The predicted molar refractivity (Wildman–Crippen MR) is 150 cm³/mol. The molecule has 35 heavy (non-hydrogen) atoms. The van der Waals surface area contributed by atoms with Crippen LogP contribution in [0.15, 0.2) is 60.7 Å². The largest absolute Gasteiger partial charge is 0.376 e. The van der Waals surface area contributed by atoms with Gasteiger partial charge in [-0.15, -0.1) is 11.6 Å². The lowest BCUT2D eigenvalue weighted by molar-refractivity contribution is -0.0676. The van der Waals surface area contributed by atoms with E-state index >= 15 is 0 Å². The second-order valence-electron chi connectivity index (χ2n) is 12.3. The quantitative estimate of drug-likeness (QED) is 0.334. The van der Waals surface area contributed by atoms with Crippen molar-refractivity contribution >= 4 is 28.8 Å². The predicted octanol–water partition coefficient (Wildman–Crippen LogP) is 6.79. The van der Waals surface area contributed by atoms with Gasteiger partial charge in [-0.2, -0.15) is 0 Å². The number of nitrogens with one attached hydrogen (secondary N) is 1. The average molecular weight is 507 g/mol. The van der Waals surface area contributed by atoms with Crippen LogP contribution in [-0.4, -0.2) is 22.4 Å². The summed E-state index contributed by atoms with van der Waals surface area (Å²) in [4.78, 5) is 0.972. The highest BCUT2D eigenvalue weighted by molar-refractivity contribution is 7.80. The van der Waals surface area contributed by atoms with Gasteiger partial charge in [-0.25, -0.2) is 0 Å². The molecule has 0 aliphatic heterocycles. The second-order valence-corrected chi connectivity index (χ2v) is 13.4. The third kappa shape index (κ3) is 4.16. The molecule has 7 rings (SSSR count). The number of nitrogens with two attached hydrogens (primary N) is 1. The molecule has 4 bridgehead atoms. The van der Waals surface area contributed by atoms with Crippen LogP contribution in [0, 0.1) is 23.2 Å². The van der Waals surface area contributed by atoms with Crippen molar-refractivity contribution in [2.45, 2.75) is 80.5 Å². The van der Waals surface area contributed by atoms with Crippen LogP contribution < -0.4 is 11.1 Å².